The van der Waals surface area contributed by atoms with Crippen LogP contribution in [0.3, 0.4) is 0 Å². The first-order chi connectivity index (χ1) is 26.5. The molecule has 13 N–H and O–H groups in total. The number of hydrogen-bond acceptors (Lipinski definition) is 12. The first kappa shape index (κ1) is 49.8. The molecule has 1 aromatic rings. The Morgan fingerprint density at radius 2 is 1.02 bits per heavy atom. The number of benzene rings is 1. The van der Waals surface area contributed by atoms with Crippen LogP contribution in [0.25, 0.3) is 0 Å². The van der Waals surface area contributed by atoms with E-state index in [0.717, 1.165) is 0 Å². The summed E-state index contributed by atoms with van der Waals surface area (Å²) in [6.07, 6.45) is -5.24. The van der Waals surface area contributed by atoms with Gasteiger partial charge in [0.05, 0.1) is 24.7 Å². The van der Waals surface area contributed by atoms with Gasteiger partial charge in [-0.3, -0.25) is 33.6 Å². The van der Waals surface area contributed by atoms with Gasteiger partial charge < -0.3 is 63.2 Å². The van der Waals surface area contributed by atoms with Crippen molar-refractivity contribution in [2.75, 3.05) is 0 Å². The molecule has 0 aliphatic rings. The summed E-state index contributed by atoms with van der Waals surface area (Å²) in [5.41, 5.74) is 6.14. The van der Waals surface area contributed by atoms with Gasteiger partial charge in [0.15, 0.2) is 0 Å². The second-order valence-electron chi connectivity index (χ2n) is 14.5. The van der Waals surface area contributed by atoms with Gasteiger partial charge in [0.1, 0.15) is 42.3 Å². The minimum Gasteiger partial charge on any atom is -0.481 e. The van der Waals surface area contributed by atoms with Crippen LogP contribution in [0.1, 0.15) is 73.3 Å². The van der Waals surface area contributed by atoms with Crippen LogP contribution in [-0.4, -0.2) is 134 Å². The molecule has 0 aliphatic carbocycles. The lowest BCUT2D eigenvalue weighted by molar-refractivity contribution is -0.144. The molecular formula is C37H59N7O13. The van der Waals surface area contributed by atoms with Gasteiger partial charge in [-0.1, -0.05) is 64.4 Å². The molecule has 6 amide bonds. The molecule has 320 valence electrons. The monoisotopic (exact) mass is 809 g/mol. The fourth-order valence-corrected chi connectivity index (χ4v) is 5.41. The van der Waals surface area contributed by atoms with Crippen LogP contribution in [0.15, 0.2) is 30.3 Å². The molecule has 0 fully saturated rings. The standard InChI is InChI=1S/C37H59N7O13/c1-8-18(4)28(37(56)57)42-36(55)30(21(7)47)44-32(51)23(14-17(2)3)41-35(54)29(20(6)46)43-33(52)24(15-22-12-10-9-11-13-22)39-31(50)25(16-26(48)49)40-34(53)27(38)19(5)45/h9-13,17-21,23-25,27-30,45-47H,8,14-16,38H2,1-7H3,(H,39,50)(H,40,53)(H,41,54)(H,42,55)(H,43,52)(H,44,51)(H,48,49)(H,56,57)/t18-,19+,20+,21+,23-,24-,25-,27-,28-,29-,30-/m0/s1. The highest BCUT2D eigenvalue weighted by molar-refractivity contribution is 5.98. The Morgan fingerprint density at radius 1 is 0.579 bits per heavy atom. The van der Waals surface area contributed by atoms with E-state index < -0.39 is 120 Å². The van der Waals surface area contributed by atoms with Crippen LogP contribution in [0.4, 0.5) is 0 Å². The molecule has 0 saturated carbocycles. The zero-order valence-electron chi connectivity index (χ0n) is 33.2. The molecule has 20 nitrogen and oxygen atoms in total. The van der Waals surface area contributed by atoms with Crippen molar-refractivity contribution in [1.29, 1.82) is 0 Å². The molecule has 0 heterocycles. The summed E-state index contributed by atoms with van der Waals surface area (Å²) >= 11 is 0. The Morgan fingerprint density at radius 3 is 1.46 bits per heavy atom. The van der Waals surface area contributed by atoms with E-state index in [2.05, 4.69) is 31.9 Å². The number of carbonyl (C=O) groups excluding carboxylic acids is 6. The third-order valence-corrected chi connectivity index (χ3v) is 8.99. The van der Waals surface area contributed by atoms with Crippen molar-refractivity contribution in [3.05, 3.63) is 35.9 Å². The molecule has 0 aliphatic heterocycles. The lowest BCUT2D eigenvalue weighted by Crippen LogP contribution is -2.63. The van der Waals surface area contributed by atoms with E-state index in [1.54, 1.807) is 58.0 Å². The largest absolute Gasteiger partial charge is 0.481 e. The van der Waals surface area contributed by atoms with E-state index >= 15 is 0 Å². The van der Waals surface area contributed by atoms with E-state index in [-0.39, 0.29) is 18.8 Å². The van der Waals surface area contributed by atoms with Gasteiger partial charge in [-0.2, -0.15) is 0 Å². The molecule has 20 heteroatoms. The number of carboxylic acid groups (broad SMARTS) is 2. The zero-order valence-corrected chi connectivity index (χ0v) is 33.2. The quantitative estimate of drug-likeness (QED) is 0.0504. The van der Waals surface area contributed by atoms with Crippen molar-refractivity contribution in [3.63, 3.8) is 0 Å². The van der Waals surface area contributed by atoms with E-state index in [4.69, 9.17) is 5.73 Å². The van der Waals surface area contributed by atoms with Crippen LogP contribution in [-0.2, 0) is 44.8 Å². The van der Waals surface area contributed by atoms with Gasteiger partial charge in [-0.15, -0.1) is 0 Å². The number of rotatable bonds is 24. The second kappa shape index (κ2) is 23.8. The Bertz CT molecular complexity index is 1540. The van der Waals surface area contributed by atoms with Gasteiger partial charge >= 0.3 is 11.9 Å². The minimum absolute atomic E-state index is 0.0289. The van der Waals surface area contributed by atoms with Crippen LogP contribution < -0.4 is 37.6 Å². The highest BCUT2D eigenvalue weighted by Gasteiger charge is 2.37. The number of carbonyl (C=O) groups is 8. The summed E-state index contributed by atoms with van der Waals surface area (Å²) in [6.45, 7) is 10.3. The maximum atomic E-state index is 13.8. The maximum absolute atomic E-state index is 13.8. The molecule has 0 aromatic heterocycles. The third-order valence-electron chi connectivity index (χ3n) is 8.99. The number of nitrogens with two attached hydrogens (primary N) is 1. The molecule has 0 radical (unpaired) electrons. The van der Waals surface area contributed by atoms with Gasteiger partial charge in [0.2, 0.25) is 35.4 Å². The average molecular weight is 810 g/mol. The molecular weight excluding hydrogens is 750 g/mol. The van der Waals surface area contributed by atoms with Crippen molar-refractivity contribution in [2.45, 2.75) is 135 Å². The number of amides is 6. The molecule has 0 bridgehead atoms. The smallest absolute Gasteiger partial charge is 0.326 e. The molecule has 0 spiro atoms. The highest BCUT2D eigenvalue weighted by Crippen LogP contribution is 2.12. The van der Waals surface area contributed by atoms with Gasteiger partial charge in [-0.25, -0.2) is 4.79 Å². The number of aliphatic carboxylic acids is 2. The number of hydrogen-bond donors (Lipinski definition) is 12. The van der Waals surface area contributed by atoms with Crippen molar-refractivity contribution < 1.29 is 63.9 Å². The van der Waals surface area contributed by atoms with Crippen LogP contribution in [0, 0.1) is 11.8 Å². The number of carboxylic acids is 2. The van der Waals surface area contributed by atoms with Crippen LogP contribution in [0.5, 0.6) is 0 Å². The topological polar surface area (TPSA) is 336 Å². The molecule has 1 rings (SSSR count). The molecule has 11 atom stereocenters. The zero-order chi connectivity index (χ0) is 43.7. The molecule has 1 aromatic carbocycles. The summed E-state index contributed by atoms with van der Waals surface area (Å²) in [4.78, 5) is 103. The normalized spacial score (nSPS) is 17.1. The number of nitrogens with one attached hydrogen (secondary N) is 6. The minimum atomic E-state index is -1.75. The molecule has 57 heavy (non-hydrogen) atoms. The Labute approximate surface area is 331 Å². The number of aliphatic hydroxyl groups is 3. The van der Waals surface area contributed by atoms with Crippen molar-refractivity contribution in [1.82, 2.24) is 31.9 Å². The van der Waals surface area contributed by atoms with Crippen molar-refractivity contribution >= 4 is 47.4 Å². The maximum Gasteiger partial charge on any atom is 0.326 e. The summed E-state index contributed by atoms with van der Waals surface area (Å²) in [7, 11) is 0. The third kappa shape index (κ3) is 16.8. The fourth-order valence-electron chi connectivity index (χ4n) is 5.41. The summed E-state index contributed by atoms with van der Waals surface area (Å²) in [6, 6.07) is -2.71. The van der Waals surface area contributed by atoms with Gasteiger partial charge in [0.25, 0.3) is 0 Å². The number of aliphatic hydroxyl groups excluding tert-OH is 3. The highest BCUT2D eigenvalue weighted by atomic mass is 16.4. The van der Waals surface area contributed by atoms with E-state index in [9.17, 15) is 63.9 Å². The predicted molar refractivity (Wildman–Crippen MR) is 204 cm³/mol. The first-order valence-electron chi connectivity index (χ1n) is 18.6. The Balaban J connectivity index is 3.39. The summed E-state index contributed by atoms with van der Waals surface area (Å²) in [5.74, 6) is -9.75. The van der Waals surface area contributed by atoms with Crippen LogP contribution >= 0.6 is 0 Å². The van der Waals surface area contributed by atoms with Gasteiger partial charge in [-0.05, 0) is 44.6 Å². The molecule has 0 unspecified atom stereocenters. The Kier molecular flexibility index (Phi) is 20.8. The first-order valence-corrected chi connectivity index (χ1v) is 18.6. The van der Waals surface area contributed by atoms with Gasteiger partial charge in [0, 0.05) is 6.42 Å². The van der Waals surface area contributed by atoms with Crippen molar-refractivity contribution in [2.24, 2.45) is 17.6 Å². The molecule has 0 saturated heterocycles. The summed E-state index contributed by atoms with van der Waals surface area (Å²) in [5, 5.41) is 63.8. The Hall–Kier alpha value is -5.18. The van der Waals surface area contributed by atoms with E-state index in [1.165, 1.54) is 20.8 Å². The fraction of sp³-hybridized carbons (Fsp3) is 0.622. The SMILES string of the molecule is CC[C@H](C)[C@H](NC(=O)[C@@H](NC(=O)[C@H](CC(C)C)NC(=O)[C@@H](NC(=O)[C@H](Cc1ccccc1)NC(=O)[C@H](CC(=O)O)NC(=O)[C@@H](N)[C@@H](C)O)[C@@H](C)O)[C@@H](C)O)C(=O)O. The predicted octanol–water partition coefficient (Wildman–Crippen LogP) is -2.74. The lowest BCUT2D eigenvalue weighted by Gasteiger charge is -2.29. The van der Waals surface area contributed by atoms with E-state index in [0.29, 0.717) is 12.0 Å². The second-order valence-corrected chi connectivity index (χ2v) is 14.5. The average Bonchev–Trinajstić information content (AvgIpc) is 3.12. The van der Waals surface area contributed by atoms with Crippen LogP contribution in [0.2, 0.25) is 0 Å². The summed E-state index contributed by atoms with van der Waals surface area (Å²) < 4.78 is 0. The van der Waals surface area contributed by atoms with E-state index in [1.807, 2.05) is 0 Å². The lowest BCUT2D eigenvalue weighted by atomic mass is 9.98. The van der Waals surface area contributed by atoms with Crippen molar-refractivity contribution in [3.8, 4) is 0 Å².